The Morgan fingerprint density at radius 3 is 2.62 bits per heavy atom. The van der Waals surface area contributed by atoms with Crippen LogP contribution in [0.2, 0.25) is 10.2 Å². The highest BCUT2D eigenvalue weighted by atomic mass is 35.5. The average molecular weight is 257 g/mol. The molecule has 0 saturated carbocycles. The summed E-state index contributed by atoms with van der Waals surface area (Å²) in [6.07, 6.45) is 5.71. The van der Waals surface area contributed by atoms with Gasteiger partial charge in [0.1, 0.15) is 5.15 Å². The van der Waals surface area contributed by atoms with Crippen molar-refractivity contribution in [1.29, 1.82) is 0 Å². The van der Waals surface area contributed by atoms with Crippen molar-refractivity contribution in [3.63, 3.8) is 0 Å². The summed E-state index contributed by atoms with van der Waals surface area (Å²) < 4.78 is 1.35. The van der Waals surface area contributed by atoms with Crippen molar-refractivity contribution >= 4 is 23.2 Å². The summed E-state index contributed by atoms with van der Waals surface area (Å²) in [5, 5.41) is 0.696. The summed E-state index contributed by atoms with van der Waals surface area (Å²) in [5.41, 5.74) is 0.219. The first-order chi connectivity index (χ1) is 7.65. The summed E-state index contributed by atoms with van der Waals surface area (Å²) in [6, 6.07) is 0. The summed E-state index contributed by atoms with van der Waals surface area (Å²) >= 11 is 11.3. The molecule has 0 aliphatic rings. The molecule has 2 aromatic heterocycles. The van der Waals surface area contributed by atoms with E-state index in [1.54, 1.807) is 0 Å². The number of aromatic nitrogens is 4. The van der Waals surface area contributed by atoms with Gasteiger partial charge >= 0.3 is 5.69 Å². The minimum absolute atomic E-state index is 0.260. The van der Waals surface area contributed by atoms with E-state index in [-0.39, 0.29) is 12.2 Å². The Morgan fingerprint density at radius 1 is 1.12 bits per heavy atom. The fourth-order valence-electron chi connectivity index (χ4n) is 1.14. The molecule has 7 heteroatoms. The van der Waals surface area contributed by atoms with E-state index in [9.17, 15) is 4.79 Å². The second kappa shape index (κ2) is 4.59. The average Bonchev–Trinajstić information content (AvgIpc) is 2.27. The number of halogens is 2. The molecule has 0 radical (unpaired) electrons. The Hall–Kier alpha value is -1.46. The van der Waals surface area contributed by atoms with Gasteiger partial charge in [-0.05, 0) is 0 Å². The first kappa shape index (κ1) is 11.0. The molecule has 0 spiro atoms. The zero-order valence-corrected chi connectivity index (χ0v) is 9.48. The Balaban J connectivity index is 2.30. The molecule has 5 nitrogen and oxygen atoms in total. The van der Waals surface area contributed by atoms with Crippen molar-refractivity contribution in [2.45, 2.75) is 6.54 Å². The van der Waals surface area contributed by atoms with Crippen LogP contribution < -0.4 is 5.69 Å². The van der Waals surface area contributed by atoms with Gasteiger partial charge < -0.3 is 0 Å². The third kappa shape index (κ3) is 2.56. The second-order valence-corrected chi connectivity index (χ2v) is 3.84. The zero-order chi connectivity index (χ0) is 11.5. The minimum atomic E-state index is -0.388. The third-order valence-electron chi connectivity index (χ3n) is 1.83. The molecule has 82 valence electrons. The Labute approximate surface area is 101 Å². The van der Waals surface area contributed by atoms with Crippen molar-refractivity contribution in [2.24, 2.45) is 0 Å². The Kier molecular flexibility index (Phi) is 3.17. The highest BCUT2D eigenvalue weighted by molar-refractivity contribution is 6.30. The van der Waals surface area contributed by atoms with Gasteiger partial charge in [0.15, 0.2) is 0 Å². The predicted molar refractivity (Wildman–Crippen MR) is 59.7 cm³/mol. The van der Waals surface area contributed by atoms with Gasteiger partial charge in [-0.3, -0.25) is 9.55 Å². The van der Waals surface area contributed by atoms with Crippen molar-refractivity contribution < 1.29 is 0 Å². The topological polar surface area (TPSA) is 60.7 Å². The normalized spacial score (nSPS) is 10.4. The first-order valence-electron chi connectivity index (χ1n) is 4.33. The van der Waals surface area contributed by atoms with Gasteiger partial charge in [0.05, 0.1) is 35.9 Å². The third-order valence-corrected chi connectivity index (χ3v) is 2.22. The molecule has 0 saturated heterocycles. The molecule has 0 N–H and O–H groups in total. The van der Waals surface area contributed by atoms with E-state index in [4.69, 9.17) is 23.2 Å². The van der Waals surface area contributed by atoms with Gasteiger partial charge in [0.25, 0.3) is 0 Å². The van der Waals surface area contributed by atoms with Crippen LogP contribution in [0.15, 0.2) is 29.6 Å². The summed E-state index contributed by atoms with van der Waals surface area (Å²) in [5.74, 6) is 0. The molecule has 0 aliphatic heterocycles. The lowest BCUT2D eigenvalue weighted by molar-refractivity contribution is 0.707. The van der Waals surface area contributed by atoms with Gasteiger partial charge in [0.2, 0.25) is 0 Å². The quantitative estimate of drug-likeness (QED) is 0.815. The van der Waals surface area contributed by atoms with Crippen molar-refractivity contribution in [1.82, 2.24) is 19.5 Å². The predicted octanol–water partition coefficient (Wildman–Crippen LogP) is 1.39. The largest absolute Gasteiger partial charge is 0.347 e. The van der Waals surface area contributed by atoms with Crippen LogP contribution in [0.3, 0.4) is 0 Å². The lowest BCUT2D eigenvalue weighted by atomic mass is 10.4. The summed E-state index contributed by atoms with van der Waals surface area (Å²) in [6.45, 7) is 0.260. The van der Waals surface area contributed by atoms with Crippen LogP contribution in [0.4, 0.5) is 0 Å². The van der Waals surface area contributed by atoms with Crippen LogP contribution in [-0.4, -0.2) is 19.5 Å². The van der Waals surface area contributed by atoms with Gasteiger partial charge in [-0.15, -0.1) is 0 Å². The molecule has 0 amide bonds. The van der Waals surface area contributed by atoms with Crippen molar-refractivity contribution in [3.05, 3.63) is 51.1 Å². The summed E-state index contributed by atoms with van der Waals surface area (Å²) in [7, 11) is 0. The maximum absolute atomic E-state index is 11.4. The van der Waals surface area contributed by atoms with Gasteiger partial charge in [-0.25, -0.2) is 14.8 Å². The van der Waals surface area contributed by atoms with Crippen LogP contribution in [0.25, 0.3) is 0 Å². The molecule has 0 bridgehead atoms. The molecular weight excluding hydrogens is 251 g/mol. The van der Waals surface area contributed by atoms with E-state index in [1.165, 1.54) is 29.4 Å². The standard InChI is InChI=1S/C9H6Cl2N4O/c10-6-1-14-9(16)15(4-6)5-7-2-13-8(11)3-12-7/h1-4H,5H2. The number of hydrogen-bond donors (Lipinski definition) is 0. The smallest absolute Gasteiger partial charge is 0.292 e. The van der Waals surface area contributed by atoms with Gasteiger partial charge in [-0.2, -0.15) is 0 Å². The van der Waals surface area contributed by atoms with E-state index in [0.29, 0.717) is 15.9 Å². The van der Waals surface area contributed by atoms with Crippen molar-refractivity contribution in [2.75, 3.05) is 0 Å². The fraction of sp³-hybridized carbons (Fsp3) is 0.111. The lowest BCUT2D eigenvalue weighted by Gasteiger charge is -2.03. The lowest BCUT2D eigenvalue weighted by Crippen LogP contribution is -2.22. The van der Waals surface area contributed by atoms with Crippen molar-refractivity contribution in [3.8, 4) is 0 Å². The molecule has 2 aromatic rings. The zero-order valence-electron chi connectivity index (χ0n) is 7.97. The fourth-order valence-corrected chi connectivity index (χ4v) is 1.40. The van der Waals surface area contributed by atoms with E-state index < -0.39 is 0 Å². The molecule has 2 rings (SSSR count). The Morgan fingerprint density at radius 2 is 1.94 bits per heavy atom. The number of nitrogens with zero attached hydrogens (tertiary/aromatic N) is 4. The van der Waals surface area contributed by atoms with E-state index in [2.05, 4.69) is 15.0 Å². The molecule has 0 aliphatic carbocycles. The van der Waals surface area contributed by atoms with E-state index >= 15 is 0 Å². The SMILES string of the molecule is O=c1ncc(Cl)cn1Cc1cnc(Cl)cn1. The van der Waals surface area contributed by atoms with Crippen LogP contribution in [0.1, 0.15) is 5.69 Å². The molecular formula is C9H6Cl2N4O. The van der Waals surface area contributed by atoms with Gasteiger partial charge in [0, 0.05) is 6.20 Å². The van der Waals surface area contributed by atoms with Crippen LogP contribution in [0.5, 0.6) is 0 Å². The first-order valence-corrected chi connectivity index (χ1v) is 5.09. The van der Waals surface area contributed by atoms with E-state index in [1.807, 2.05) is 0 Å². The monoisotopic (exact) mass is 256 g/mol. The maximum Gasteiger partial charge on any atom is 0.347 e. The summed E-state index contributed by atoms with van der Waals surface area (Å²) in [4.78, 5) is 22.8. The van der Waals surface area contributed by atoms with Crippen LogP contribution in [-0.2, 0) is 6.54 Å². The molecule has 0 atom stereocenters. The molecule has 0 fully saturated rings. The number of hydrogen-bond acceptors (Lipinski definition) is 4. The van der Waals surface area contributed by atoms with Gasteiger partial charge in [-0.1, -0.05) is 23.2 Å². The molecule has 16 heavy (non-hydrogen) atoms. The van der Waals surface area contributed by atoms with Crippen LogP contribution in [0, 0.1) is 0 Å². The molecule has 0 aromatic carbocycles. The highest BCUT2D eigenvalue weighted by Crippen LogP contribution is 2.05. The molecule has 2 heterocycles. The highest BCUT2D eigenvalue weighted by Gasteiger charge is 2.01. The number of rotatable bonds is 2. The molecule has 0 unspecified atom stereocenters. The maximum atomic E-state index is 11.4. The van der Waals surface area contributed by atoms with Crippen LogP contribution >= 0.6 is 23.2 Å². The Bertz CT molecular complexity index is 552. The minimum Gasteiger partial charge on any atom is -0.292 e. The second-order valence-electron chi connectivity index (χ2n) is 3.01. The van der Waals surface area contributed by atoms with E-state index in [0.717, 1.165) is 0 Å².